The van der Waals surface area contributed by atoms with Crippen LogP contribution in [0.1, 0.15) is 5.56 Å². The van der Waals surface area contributed by atoms with Gasteiger partial charge in [0.15, 0.2) is 0 Å². The average Bonchev–Trinajstić information content (AvgIpc) is 2.98. The summed E-state index contributed by atoms with van der Waals surface area (Å²) < 4.78 is 15.9. The van der Waals surface area contributed by atoms with Crippen molar-refractivity contribution in [3.05, 3.63) is 74.6 Å². The van der Waals surface area contributed by atoms with Crippen LogP contribution in [0.4, 0.5) is 4.39 Å². The molecule has 0 amide bonds. The predicted molar refractivity (Wildman–Crippen MR) is 96.3 cm³/mol. The lowest BCUT2D eigenvalue weighted by atomic mass is 10.2. The minimum Gasteiger partial charge on any atom is -0.261 e. The van der Waals surface area contributed by atoms with Gasteiger partial charge in [0.25, 0.3) is 0 Å². The third-order valence-corrected chi connectivity index (χ3v) is 4.65. The van der Waals surface area contributed by atoms with Crippen molar-refractivity contribution in [2.75, 3.05) is 7.05 Å². The molecule has 2 aromatic carbocycles. The molecule has 0 aliphatic rings. The molecule has 0 saturated heterocycles. The van der Waals surface area contributed by atoms with Gasteiger partial charge in [0.2, 0.25) is 4.80 Å². The van der Waals surface area contributed by atoms with Crippen molar-refractivity contribution < 1.29 is 4.39 Å². The Balaban J connectivity index is 2.02. The van der Waals surface area contributed by atoms with Crippen molar-refractivity contribution in [2.24, 2.45) is 10.1 Å². The summed E-state index contributed by atoms with van der Waals surface area (Å²) in [5.74, 6) is -0.255. The summed E-state index contributed by atoms with van der Waals surface area (Å²) in [5, 5.41) is 6.50. The van der Waals surface area contributed by atoms with Crippen LogP contribution in [0.2, 0.25) is 0 Å². The van der Waals surface area contributed by atoms with E-state index in [0.717, 1.165) is 26.1 Å². The zero-order valence-corrected chi connectivity index (χ0v) is 14.7. The standard InChI is InChI=1S/C17H13BrFN3S/c1-20-17-22(21-10-12-2-6-14(18)7-3-12)16(11-23-17)13-4-8-15(19)9-5-13/h2-11H,1H3/b20-17?,21-10-. The van der Waals surface area contributed by atoms with Crippen molar-refractivity contribution in [3.63, 3.8) is 0 Å². The average molecular weight is 390 g/mol. The molecule has 0 bridgehead atoms. The number of nitrogens with zero attached hydrogens (tertiary/aromatic N) is 3. The molecule has 1 aromatic heterocycles. The molecule has 0 saturated carbocycles. The zero-order valence-electron chi connectivity index (χ0n) is 12.3. The number of aromatic nitrogens is 1. The molecule has 0 spiro atoms. The first-order chi connectivity index (χ1) is 11.2. The maximum Gasteiger partial charge on any atom is 0.205 e. The predicted octanol–water partition coefficient (Wildman–Crippen LogP) is 4.53. The highest BCUT2D eigenvalue weighted by molar-refractivity contribution is 9.10. The molecule has 0 atom stereocenters. The molecule has 3 aromatic rings. The lowest BCUT2D eigenvalue weighted by molar-refractivity contribution is 0.628. The van der Waals surface area contributed by atoms with E-state index >= 15 is 0 Å². The van der Waals surface area contributed by atoms with Crippen LogP contribution in [0.3, 0.4) is 0 Å². The Morgan fingerprint density at radius 2 is 1.78 bits per heavy atom. The normalized spacial score (nSPS) is 12.2. The van der Waals surface area contributed by atoms with Crippen molar-refractivity contribution in [2.45, 2.75) is 0 Å². The van der Waals surface area contributed by atoms with Gasteiger partial charge in [-0.1, -0.05) is 28.1 Å². The fraction of sp³-hybridized carbons (Fsp3) is 0.0588. The van der Waals surface area contributed by atoms with Crippen molar-refractivity contribution >= 4 is 33.5 Å². The summed E-state index contributed by atoms with van der Waals surface area (Å²) in [5.41, 5.74) is 2.76. The summed E-state index contributed by atoms with van der Waals surface area (Å²) in [4.78, 5) is 5.02. The highest BCUT2D eigenvalue weighted by Gasteiger charge is 2.07. The Labute approximate surface area is 145 Å². The van der Waals surface area contributed by atoms with Crippen LogP contribution in [0, 0.1) is 5.82 Å². The topological polar surface area (TPSA) is 29.6 Å². The van der Waals surface area contributed by atoms with E-state index in [2.05, 4.69) is 26.0 Å². The van der Waals surface area contributed by atoms with Crippen LogP contribution in [-0.2, 0) is 0 Å². The maximum absolute atomic E-state index is 13.1. The third-order valence-electron chi connectivity index (χ3n) is 3.21. The number of hydrogen-bond donors (Lipinski definition) is 0. The number of thiazole rings is 1. The van der Waals surface area contributed by atoms with Gasteiger partial charge in [-0.2, -0.15) is 5.10 Å². The lowest BCUT2D eigenvalue weighted by Crippen LogP contribution is -2.11. The van der Waals surface area contributed by atoms with Crippen molar-refractivity contribution in [3.8, 4) is 11.3 Å². The molecular weight excluding hydrogens is 377 g/mol. The van der Waals surface area contributed by atoms with Crippen molar-refractivity contribution in [1.29, 1.82) is 0 Å². The second kappa shape index (κ2) is 7.02. The van der Waals surface area contributed by atoms with Crippen LogP contribution >= 0.6 is 27.3 Å². The van der Waals surface area contributed by atoms with Gasteiger partial charge in [0.1, 0.15) is 5.82 Å². The second-order valence-corrected chi connectivity index (χ2v) is 6.49. The Morgan fingerprint density at radius 3 is 2.43 bits per heavy atom. The Kier molecular flexibility index (Phi) is 4.83. The molecule has 0 fully saturated rings. The Hall–Kier alpha value is -2.05. The minimum atomic E-state index is -0.255. The first kappa shape index (κ1) is 15.8. The lowest BCUT2D eigenvalue weighted by Gasteiger charge is -2.03. The molecule has 3 nitrogen and oxygen atoms in total. The maximum atomic E-state index is 13.1. The SMILES string of the molecule is CN=c1scc(-c2ccc(F)cc2)n1/N=C\c1ccc(Br)cc1. The Bertz CT molecular complexity index is 893. The van der Waals surface area contributed by atoms with E-state index in [9.17, 15) is 4.39 Å². The first-order valence-corrected chi connectivity index (χ1v) is 8.54. The van der Waals surface area contributed by atoms with E-state index in [1.165, 1.54) is 23.5 Å². The first-order valence-electron chi connectivity index (χ1n) is 6.86. The van der Waals surface area contributed by atoms with Gasteiger partial charge in [0, 0.05) is 22.5 Å². The number of rotatable bonds is 3. The summed E-state index contributed by atoms with van der Waals surface area (Å²) in [6.45, 7) is 0. The van der Waals surface area contributed by atoms with Crippen LogP contribution in [0.25, 0.3) is 11.3 Å². The second-order valence-electron chi connectivity index (χ2n) is 4.74. The fourth-order valence-corrected chi connectivity index (χ4v) is 3.12. The quantitative estimate of drug-likeness (QED) is 0.589. The molecule has 6 heteroatoms. The monoisotopic (exact) mass is 389 g/mol. The van der Waals surface area contributed by atoms with E-state index < -0.39 is 0 Å². The smallest absolute Gasteiger partial charge is 0.205 e. The highest BCUT2D eigenvalue weighted by Crippen LogP contribution is 2.20. The molecule has 3 rings (SSSR count). The molecular formula is C17H13BrFN3S. The summed E-state index contributed by atoms with van der Waals surface area (Å²) in [6, 6.07) is 14.2. The summed E-state index contributed by atoms with van der Waals surface area (Å²) >= 11 is 4.91. The number of halogens is 2. The fourth-order valence-electron chi connectivity index (χ4n) is 2.05. The van der Waals surface area contributed by atoms with E-state index in [1.54, 1.807) is 30.1 Å². The van der Waals surface area contributed by atoms with Gasteiger partial charge in [-0.25, -0.2) is 9.07 Å². The highest BCUT2D eigenvalue weighted by atomic mass is 79.9. The summed E-state index contributed by atoms with van der Waals surface area (Å²) in [7, 11) is 1.73. The van der Waals surface area contributed by atoms with Gasteiger partial charge in [-0.3, -0.25) is 4.99 Å². The van der Waals surface area contributed by atoms with Gasteiger partial charge >= 0.3 is 0 Å². The number of hydrogen-bond acceptors (Lipinski definition) is 3. The van der Waals surface area contributed by atoms with Crippen LogP contribution in [0.5, 0.6) is 0 Å². The molecule has 0 radical (unpaired) electrons. The van der Waals surface area contributed by atoms with Gasteiger partial charge in [-0.15, -0.1) is 11.3 Å². The van der Waals surface area contributed by atoms with E-state index in [0.29, 0.717) is 0 Å². The van der Waals surface area contributed by atoms with Gasteiger partial charge in [-0.05, 0) is 42.0 Å². The molecule has 23 heavy (non-hydrogen) atoms. The number of benzene rings is 2. The minimum absolute atomic E-state index is 0.255. The van der Waals surface area contributed by atoms with Crippen LogP contribution < -0.4 is 4.80 Å². The molecule has 0 aliphatic heterocycles. The largest absolute Gasteiger partial charge is 0.261 e. The zero-order chi connectivity index (χ0) is 16.2. The Morgan fingerprint density at radius 1 is 1.09 bits per heavy atom. The molecule has 0 N–H and O–H groups in total. The third kappa shape index (κ3) is 3.65. The molecule has 1 heterocycles. The summed E-state index contributed by atoms with van der Waals surface area (Å²) in [6.07, 6.45) is 1.78. The van der Waals surface area contributed by atoms with E-state index in [-0.39, 0.29) is 5.82 Å². The van der Waals surface area contributed by atoms with E-state index in [1.807, 2.05) is 29.6 Å². The van der Waals surface area contributed by atoms with Crippen LogP contribution in [-0.4, -0.2) is 17.9 Å². The van der Waals surface area contributed by atoms with Gasteiger partial charge in [0.05, 0.1) is 11.9 Å². The van der Waals surface area contributed by atoms with Gasteiger partial charge < -0.3 is 0 Å². The molecule has 0 aliphatic carbocycles. The van der Waals surface area contributed by atoms with Crippen molar-refractivity contribution in [1.82, 2.24) is 4.68 Å². The van der Waals surface area contributed by atoms with E-state index in [4.69, 9.17) is 0 Å². The molecule has 0 unspecified atom stereocenters. The van der Waals surface area contributed by atoms with Crippen LogP contribution in [0.15, 0.2) is 68.5 Å². The molecule has 116 valence electrons.